The minimum Gasteiger partial charge on any atom is -0.478 e. The Bertz CT molecular complexity index is 593. The monoisotopic (exact) mass is 296 g/mol. The van der Waals surface area contributed by atoms with E-state index in [9.17, 15) is 18.4 Å². The molecule has 3 N–H and O–H groups in total. The van der Waals surface area contributed by atoms with E-state index in [2.05, 4.69) is 0 Å². The van der Waals surface area contributed by atoms with Crippen molar-refractivity contribution in [1.82, 2.24) is 0 Å². The normalized spacial score (nSPS) is 18.4. The number of aliphatic carboxylic acids is 1. The van der Waals surface area contributed by atoms with E-state index < -0.39 is 29.6 Å². The first-order chi connectivity index (χ1) is 9.90. The highest BCUT2D eigenvalue weighted by molar-refractivity contribution is 5.86. The van der Waals surface area contributed by atoms with Gasteiger partial charge in [-0.05, 0) is 36.6 Å². The minimum absolute atomic E-state index is 0.0889. The number of nitrogens with zero attached hydrogens (tertiary/aromatic N) is 1. The molecule has 1 fully saturated rings. The zero-order valence-electron chi connectivity index (χ0n) is 11.1. The van der Waals surface area contributed by atoms with E-state index in [1.807, 2.05) is 0 Å². The van der Waals surface area contributed by atoms with E-state index in [0.717, 1.165) is 24.3 Å². The lowest BCUT2D eigenvalue weighted by atomic mass is 10.1. The number of primary amides is 1. The molecule has 1 atom stereocenters. The first kappa shape index (κ1) is 15.0. The van der Waals surface area contributed by atoms with Crippen LogP contribution in [0.2, 0.25) is 0 Å². The van der Waals surface area contributed by atoms with Crippen LogP contribution in [0.15, 0.2) is 18.2 Å². The molecule has 1 unspecified atom stereocenters. The van der Waals surface area contributed by atoms with Crippen molar-refractivity contribution in [2.24, 2.45) is 5.73 Å². The van der Waals surface area contributed by atoms with Crippen LogP contribution in [0.4, 0.5) is 14.5 Å². The number of carboxylic acids is 1. The number of carbonyl (C=O) groups is 2. The highest BCUT2D eigenvalue weighted by atomic mass is 19.1. The van der Waals surface area contributed by atoms with E-state index in [1.54, 1.807) is 0 Å². The van der Waals surface area contributed by atoms with E-state index in [0.29, 0.717) is 19.4 Å². The van der Waals surface area contributed by atoms with Gasteiger partial charge < -0.3 is 15.7 Å². The fourth-order valence-corrected chi connectivity index (χ4v) is 2.45. The van der Waals surface area contributed by atoms with Crippen LogP contribution in [-0.4, -0.2) is 29.6 Å². The highest BCUT2D eigenvalue weighted by Gasteiger charge is 2.32. The quantitative estimate of drug-likeness (QED) is 0.825. The van der Waals surface area contributed by atoms with Gasteiger partial charge in [-0.1, -0.05) is 0 Å². The van der Waals surface area contributed by atoms with Gasteiger partial charge in [0.2, 0.25) is 5.91 Å². The van der Waals surface area contributed by atoms with Gasteiger partial charge in [-0.3, -0.25) is 4.79 Å². The summed E-state index contributed by atoms with van der Waals surface area (Å²) in [6.07, 6.45) is 2.95. The van der Waals surface area contributed by atoms with Crippen molar-refractivity contribution in [1.29, 1.82) is 0 Å². The van der Waals surface area contributed by atoms with Crippen LogP contribution in [0.1, 0.15) is 18.4 Å². The largest absolute Gasteiger partial charge is 0.478 e. The van der Waals surface area contributed by atoms with Crippen molar-refractivity contribution >= 4 is 23.6 Å². The van der Waals surface area contributed by atoms with Gasteiger partial charge in [0.05, 0.1) is 0 Å². The number of rotatable bonds is 4. The highest BCUT2D eigenvalue weighted by Crippen LogP contribution is 2.31. The summed E-state index contributed by atoms with van der Waals surface area (Å²) in [7, 11) is 0. The number of benzene rings is 1. The Balaban J connectivity index is 2.37. The molecule has 0 spiro atoms. The van der Waals surface area contributed by atoms with Crippen molar-refractivity contribution in [2.75, 3.05) is 11.4 Å². The summed E-state index contributed by atoms with van der Waals surface area (Å²) in [6.45, 7) is 0.339. The topological polar surface area (TPSA) is 83.6 Å². The Morgan fingerprint density at radius 3 is 2.48 bits per heavy atom. The summed E-state index contributed by atoms with van der Waals surface area (Å²) in [5.41, 5.74) is 5.02. The van der Waals surface area contributed by atoms with Crippen LogP contribution < -0.4 is 10.6 Å². The summed E-state index contributed by atoms with van der Waals surface area (Å²) in [4.78, 5) is 23.0. The number of hydrogen-bond acceptors (Lipinski definition) is 3. The minimum atomic E-state index is -1.21. The lowest BCUT2D eigenvalue weighted by Gasteiger charge is -2.25. The maximum atomic E-state index is 14.1. The number of nitrogens with two attached hydrogens (primary N) is 1. The lowest BCUT2D eigenvalue weighted by Crippen LogP contribution is -2.41. The molecule has 21 heavy (non-hydrogen) atoms. The van der Waals surface area contributed by atoms with Crippen molar-refractivity contribution in [3.05, 3.63) is 35.4 Å². The zero-order chi connectivity index (χ0) is 15.6. The van der Waals surface area contributed by atoms with E-state index >= 15 is 0 Å². The third-order valence-electron chi connectivity index (χ3n) is 3.33. The van der Waals surface area contributed by atoms with Crippen LogP contribution in [0, 0.1) is 11.6 Å². The van der Waals surface area contributed by atoms with Crippen LogP contribution in [-0.2, 0) is 9.59 Å². The van der Waals surface area contributed by atoms with Crippen molar-refractivity contribution in [3.8, 4) is 0 Å². The average Bonchev–Trinajstić information content (AvgIpc) is 2.84. The SMILES string of the molecule is NC(=O)C1CCCN1c1c(F)cc(C=CC(=O)O)cc1F. The Morgan fingerprint density at radius 2 is 1.95 bits per heavy atom. The molecule has 1 heterocycles. The average molecular weight is 296 g/mol. The predicted octanol–water partition coefficient (Wildman–Crippen LogP) is 1.52. The Kier molecular flexibility index (Phi) is 4.21. The number of hydrogen-bond donors (Lipinski definition) is 2. The van der Waals surface area contributed by atoms with Gasteiger partial charge in [0, 0.05) is 12.6 Å². The maximum Gasteiger partial charge on any atom is 0.328 e. The van der Waals surface area contributed by atoms with Gasteiger partial charge in [-0.15, -0.1) is 0 Å². The Labute approximate surface area is 119 Å². The molecule has 1 aromatic rings. The maximum absolute atomic E-state index is 14.1. The van der Waals surface area contributed by atoms with E-state index in [1.165, 1.54) is 4.90 Å². The number of carboxylic acid groups (broad SMARTS) is 1. The van der Waals surface area contributed by atoms with Crippen molar-refractivity contribution in [2.45, 2.75) is 18.9 Å². The number of halogens is 2. The molecule has 0 radical (unpaired) electrons. The Morgan fingerprint density at radius 1 is 1.33 bits per heavy atom. The summed E-state index contributed by atoms with van der Waals surface area (Å²) < 4.78 is 28.2. The zero-order valence-corrected chi connectivity index (χ0v) is 11.1. The van der Waals surface area contributed by atoms with Crippen LogP contribution >= 0.6 is 0 Å². The van der Waals surface area contributed by atoms with Gasteiger partial charge >= 0.3 is 5.97 Å². The smallest absolute Gasteiger partial charge is 0.328 e. The molecule has 2 rings (SSSR count). The van der Waals surface area contributed by atoms with Gasteiger partial charge in [-0.25, -0.2) is 13.6 Å². The third-order valence-corrected chi connectivity index (χ3v) is 3.33. The standard InChI is InChI=1S/C14H14F2N2O3/c15-9-6-8(3-4-12(19)20)7-10(16)13(9)18-5-1-2-11(18)14(17)21/h3-4,6-7,11H,1-2,5H2,(H2,17,21)(H,19,20). The second-order valence-corrected chi connectivity index (χ2v) is 4.76. The first-order valence-electron chi connectivity index (χ1n) is 6.36. The molecular weight excluding hydrogens is 282 g/mol. The molecule has 112 valence electrons. The summed E-state index contributed by atoms with van der Waals surface area (Å²) in [6, 6.07) is 1.32. The van der Waals surface area contributed by atoms with Gasteiger partial charge in [0.15, 0.2) is 0 Å². The predicted molar refractivity (Wildman–Crippen MR) is 72.6 cm³/mol. The van der Waals surface area contributed by atoms with E-state index in [-0.39, 0.29) is 11.3 Å². The summed E-state index contributed by atoms with van der Waals surface area (Å²) >= 11 is 0. The first-order valence-corrected chi connectivity index (χ1v) is 6.36. The number of carbonyl (C=O) groups excluding carboxylic acids is 1. The lowest BCUT2D eigenvalue weighted by molar-refractivity contribution is -0.131. The van der Waals surface area contributed by atoms with E-state index in [4.69, 9.17) is 10.8 Å². The summed E-state index contributed by atoms with van der Waals surface area (Å²) in [5, 5.41) is 8.50. The Hall–Kier alpha value is -2.44. The molecule has 1 aliphatic rings. The fraction of sp³-hybridized carbons (Fsp3) is 0.286. The second-order valence-electron chi connectivity index (χ2n) is 4.76. The summed E-state index contributed by atoms with van der Waals surface area (Å²) in [5.74, 6) is -3.55. The van der Waals surface area contributed by atoms with Crippen LogP contribution in [0.25, 0.3) is 6.08 Å². The molecule has 0 saturated carbocycles. The molecule has 0 aliphatic carbocycles. The molecule has 5 nitrogen and oxygen atoms in total. The molecule has 1 amide bonds. The molecular formula is C14H14F2N2O3. The third kappa shape index (κ3) is 3.18. The van der Waals surface area contributed by atoms with Gasteiger partial charge in [0.25, 0.3) is 0 Å². The number of amides is 1. The van der Waals surface area contributed by atoms with Crippen LogP contribution in [0.5, 0.6) is 0 Å². The molecule has 0 aromatic heterocycles. The molecule has 7 heteroatoms. The molecule has 1 saturated heterocycles. The van der Waals surface area contributed by atoms with Crippen molar-refractivity contribution in [3.63, 3.8) is 0 Å². The fourth-order valence-electron chi connectivity index (χ4n) is 2.45. The molecule has 0 bridgehead atoms. The number of anilines is 1. The molecule has 1 aliphatic heterocycles. The van der Waals surface area contributed by atoms with Crippen LogP contribution in [0.3, 0.4) is 0 Å². The molecule has 1 aromatic carbocycles. The second kappa shape index (κ2) is 5.90. The van der Waals surface area contributed by atoms with Gasteiger partial charge in [-0.2, -0.15) is 0 Å². The van der Waals surface area contributed by atoms with Crippen molar-refractivity contribution < 1.29 is 23.5 Å². The van der Waals surface area contributed by atoms with Gasteiger partial charge in [0.1, 0.15) is 23.4 Å².